The Bertz CT molecular complexity index is 1260. The van der Waals surface area contributed by atoms with Gasteiger partial charge in [-0.1, -0.05) is 35.3 Å². The van der Waals surface area contributed by atoms with Gasteiger partial charge in [-0.25, -0.2) is 9.97 Å². The Morgan fingerprint density at radius 3 is 2.67 bits per heavy atom. The first-order valence-electron chi connectivity index (χ1n) is 10.1. The molecule has 0 aliphatic rings. The number of hydrogen-bond donors (Lipinski definition) is 2. The summed E-state index contributed by atoms with van der Waals surface area (Å²) in [6.07, 6.45) is 1.82. The molecule has 9 nitrogen and oxygen atoms in total. The molecule has 3 aromatic heterocycles. The molecule has 0 bridgehead atoms. The fourth-order valence-electron chi connectivity index (χ4n) is 2.90. The van der Waals surface area contributed by atoms with Gasteiger partial charge < -0.3 is 14.8 Å². The topological polar surface area (TPSA) is 115 Å². The van der Waals surface area contributed by atoms with Crippen LogP contribution in [0.3, 0.4) is 0 Å². The van der Waals surface area contributed by atoms with Crippen molar-refractivity contribution in [2.45, 2.75) is 26.1 Å². The molecule has 11 heteroatoms. The molecule has 1 aromatic carbocycles. The number of pyridine rings is 1. The van der Waals surface area contributed by atoms with Gasteiger partial charge in [-0.05, 0) is 38.1 Å². The van der Waals surface area contributed by atoms with Crippen LogP contribution in [-0.4, -0.2) is 49.9 Å². The number of hydrogen-bond acceptors (Lipinski definition) is 7. The van der Waals surface area contributed by atoms with Crippen molar-refractivity contribution in [3.63, 3.8) is 0 Å². The number of carbonyl (C=O) groups is 1. The molecule has 0 radical (unpaired) electrons. The number of rotatable bonds is 8. The summed E-state index contributed by atoms with van der Waals surface area (Å²) in [6.45, 7) is 3.72. The second-order valence-electron chi connectivity index (χ2n) is 7.30. The van der Waals surface area contributed by atoms with Crippen LogP contribution in [0.2, 0.25) is 10.0 Å². The van der Waals surface area contributed by atoms with Crippen molar-refractivity contribution in [3.05, 3.63) is 58.8 Å². The first-order chi connectivity index (χ1) is 15.9. The third-order valence-electron chi connectivity index (χ3n) is 4.50. The molecule has 2 N–H and O–H groups in total. The molecule has 1 atom stereocenters. The van der Waals surface area contributed by atoms with Crippen molar-refractivity contribution in [1.82, 2.24) is 25.1 Å². The number of benzene rings is 1. The van der Waals surface area contributed by atoms with E-state index in [1.807, 2.05) is 26.0 Å². The van der Waals surface area contributed by atoms with Crippen LogP contribution in [0.5, 0.6) is 5.88 Å². The molecule has 0 aliphatic heterocycles. The molecule has 0 saturated carbocycles. The number of halogens is 2. The standard InChI is InChI=1S/C22H20Cl2N6O3/c1-12(2)32-11-17(21(31)27-18-8-7-13(23)9-25-18)33-22-15-10-26-30-20(15)28-19(29-22)14-5-3-4-6-16(14)24/h3-10,12,17H,11H2,1-2H3,(H,25,27,31)(H,26,28,29,30). The molecule has 33 heavy (non-hydrogen) atoms. The molecule has 3 heterocycles. The zero-order valence-corrected chi connectivity index (χ0v) is 19.3. The highest BCUT2D eigenvalue weighted by Crippen LogP contribution is 2.30. The Hall–Kier alpha value is -3.27. The van der Waals surface area contributed by atoms with E-state index >= 15 is 0 Å². The maximum absolute atomic E-state index is 13.0. The average molecular weight is 487 g/mol. The minimum Gasteiger partial charge on any atom is -0.461 e. The third-order valence-corrected chi connectivity index (χ3v) is 5.05. The molecule has 0 fully saturated rings. The number of amides is 1. The molecule has 4 rings (SSSR count). The largest absolute Gasteiger partial charge is 0.461 e. The lowest BCUT2D eigenvalue weighted by molar-refractivity contribution is -0.126. The molecule has 170 valence electrons. The van der Waals surface area contributed by atoms with E-state index in [4.69, 9.17) is 32.7 Å². The summed E-state index contributed by atoms with van der Waals surface area (Å²) in [5.74, 6) is 0.367. The van der Waals surface area contributed by atoms with Crippen LogP contribution in [-0.2, 0) is 9.53 Å². The summed E-state index contributed by atoms with van der Waals surface area (Å²) in [4.78, 5) is 26.1. The van der Waals surface area contributed by atoms with Crippen molar-refractivity contribution in [2.75, 3.05) is 11.9 Å². The smallest absolute Gasteiger partial charge is 0.269 e. The van der Waals surface area contributed by atoms with E-state index in [0.29, 0.717) is 38.3 Å². The van der Waals surface area contributed by atoms with E-state index in [0.717, 1.165) is 0 Å². The van der Waals surface area contributed by atoms with Gasteiger partial charge in [0.1, 0.15) is 11.2 Å². The highest BCUT2D eigenvalue weighted by Gasteiger charge is 2.25. The zero-order valence-electron chi connectivity index (χ0n) is 17.8. The molecule has 0 saturated heterocycles. The number of ether oxygens (including phenoxy) is 2. The number of anilines is 1. The number of fused-ring (bicyclic) bond motifs is 1. The number of aromatic amines is 1. The SMILES string of the molecule is CC(C)OCC(Oc1nc(-c2ccccc2Cl)nc2[nH]ncc12)C(=O)Nc1ccc(Cl)cn1. The minimum absolute atomic E-state index is 0.0120. The van der Waals surface area contributed by atoms with Crippen LogP contribution in [0.1, 0.15) is 13.8 Å². The van der Waals surface area contributed by atoms with Gasteiger partial charge in [-0.15, -0.1) is 0 Å². The van der Waals surface area contributed by atoms with E-state index in [1.54, 1.807) is 24.3 Å². The lowest BCUT2D eigenvalue weighted by Gasteiger charge is -2.20. The summed E-state index contributed by atoms with van der Waals surface area (Å²) in [6, 6.07) is 10.4. The monoisotopic (exact) mass is 486 g/mol. The maximum atomic E-state index is 13.0. The van der Waals surface area contributed by atoms with E-state index in [9.17, 15) is 4.79 Å². The lowest BCUT2D eigenvalue weighted by atomic mass is 10.2. The summed E-state index contributed by atoms with van der Waals surface area (Å²) >= 11 is 12.2. The van der Waals surface area contributed by atoms with Gasteiger partial charge in [-0.2, -0.15) is 10.1 Å². The number of nitrogens with one attached hydrogen (secondary N) is 2. The molecule has 0 aliphatic carbocycles. The normalized spacial score (nSPS) is 12.2. The summed E-state index contributed by atoms with van der Waals surface area (Å²) < 4.78 is 11.7. The highest BCUT2D eigenvalue weighted by atomic mass is 35.5. The van der Waals surface area contributed by atoms with Crippen molar-refractivity contribution < 1.29 is 14.3 Å². The van der Waals surface area contributed by atoms with Crippen molar-refractivity contribution in [2.24, 2.45) is 0 Å². The molecule has 0 spiro atoms. The van der Waals surface area contributed by atoms with Crippen LogP contribution in [0.25, 0.3) is 22.4 Å². The van der Waals surface area contributed by atoms with Gasteiger partial charge in [0.25, 0.3) is 5.91 Å². The fourth-order valence-corrected chi connectivity index (χ4v) is 3.23. The molecule has 4 aromatic rings. The third kappa shape index (κ3) is 5.57. The van der Waals surface area contributed by atoms with Crippen molar-refractivity contribution >= 4 is 46.0 Å². The quantitative estimate of drug-likeness (QED) is 0.375. The van der Waals surface area contributed by atoms with E-state index in [1.165, 1.54) is 12.4 Å². The molecule has 1 amide bonds. The first-order valence-corrected chi connectivity index (χ1v) is 10.8. The van der Waals surface area contributed by atoms with Gasteiger partial charge in [0.05, 0.1) is 29.0 Å². The van der Waals surface area contributed by atoms with E-state index in [-0.39, 0.29) is 18.6 Å². The predicted octanol–water partition coefficient (Wildman–Crippen LogP) is 4.53. The van der Waals surface area contributed by atoms with Crippen LogP contribution >= 0.6 is 23.2 Å². The van der Waals surface area contributed by atoms with Crippen LogP contribution in [0.15, 0.2) is 48.8 Å². The summed E-state index contributed by atoms with van der Waals surface area (Å²) in [5.41, 5.74) is 1.06. The lowest BCUT2D eigenvalue weighted by Crippen LogP contribution is -2.38. The predicted molar refractivity (Wildman–Crippen MR) is 126 cm³/mol. The Morgan fingerprint density at radius 2 is 1.94 bits per heavy atom. The highest BCUT2D eigenvalue weighted by molar-refractivity contribution is 6.33. The van der Waals surface area contributed by atoms with Gasteiger partial charge >= 0.3 is 0 Å². The number of nitrogens with zero attached hydrogens (tertiary/aromatic N) is 4. The molecular weight excluding hydrogens is 467 g/mol. The number of carbonyl (C=O) groups excluding carboxylic acids is 1. The Kier molecular flexibility index (Phi) is 7.02. The number of H-pyrrole nitrogens is 1. The first kappa shape index (κ1) is 22.9. The van der Waals surface area contributed by atoms with Crippen LogP contribution in [0.4, 0.5) is 5.82 Å². The van der Waals surface area contributed by atoms with E-state index < -0.39 is 12.0 Å². The van der Waals surface area contributed by atoms with Crippen molar-refractivity contribution in [3.8, 4) is 17.3 Å². The summed E-state index contributed by atoms with van der Waals surface area (Å²) in [7, 11) is 0. The fraction of sp³-hybridized carbons (Fsp3) is 0.227. The van der Waals surface area contributed by atoms with Crippen LogP contribution in [0, 0.1) is 0 Å². The summed E-state index contributed by atoms with van der Waals surface area (Å²) in [5, 5.41) is 11.0. The van der Waals surface area contributed by atoms with Gasteiger partial charge in [-0.3, -0.25) is 9.89 Å². The van der Waals surface area contributed by atoms with Gasteiger partial charge in [0.15, 0.2) is 11.5 Å². The Morgan fingerprint density at radius 1 is 1.12 bits per heavy atom. The maximum Gasteiger partial charge on any atom is 0.269 e. The average Bonchev–Trinajstić information content (AvgIpc) is 3.27. The Balaban J connectivity index is 1.66. The van der Waals surface area contributed by atoms with E-state index in [2.05, 4.69) is 30.5 Å². The zero-order chi connectivity index (χ0) is 23.4. The molecule has 1 unspecified atom stereocenters. The van der Waals surface area contributed by atoms with Crippen molar-refractivity contribution in [1.29, 1.82) is 0 Å². The van der Waals surface area contributed by atoms with Gasteiger partial charge in [0, 0.05) is 11.8 Å². The Labute approximate surface area is 199 Å². The van der Waals surface area contributed by atoms with Gasteiger partial charge in [0.2, 0.25) is 12.0 Å². The molecular formula is C22H20Cl2N6O3. The van der Waals surface area contributed by atoms with Crippen LogP contribution < -0.4 is 10.1 Å². The minimum atomic E-state index is -1.03. The second kappa shape index (κ2) is 10.1. The number of aromatic nitrogens is 5. The second-order valence-corrected chi connectivity index (χ2v) is 8.15.